The molecule has 0 radical (unpaired) electrons. The summed E-state index contributed by atoms with van der Waals surface area (Å²) in [5, 5.41) is 21.2. The van der Waals surface area contributed by atoms with E-state index in [4.69, 9.17) is 0 Å². The summed E-state index contributed by atoms with van der Waals surface area (Å²) in [6.07, 6.45) is 1.74. The van der Waals surface area contributed by atoms with Crippen LogP contribution in [0.2, 0.25) is 0 Å². The molecule has 2 unspecified atom stereocenters. The Labute approximate surface area is 206 Å². The molecule has 1 aromatic carbocycles. The number of hydrogen-bond donors (Lipinski definition) is 2. The quantitative estimate of drug-likeness (QED) is 0.435. The topological polar surface area (TPSA) is 99.9 Å². The molecule has 0 saturated carbocycles. The molecular weight excluding hydrogens is 454 g/mol. The predicted octanol–water partition coefficient (Wildman–Crippen LogP) is 1.37. The Balaban J connectivity index is 1.77. The molecule has 9 nitrogen and oxygen atoms in total. The summed E-state index contributed by atoms with van der Waals surface area (Å²) in [6, 6.07) is 7.94. The smallest absolute Gasteiger partial charge is 0.317 e. The summed E-state index contributed by atoms with van der Waals surface area (Å²) < 4.78 is 0. The second kappa shape index (κ2) is 13.6. The molecule has 2 bridgehead atoms. The van der Waals surface area contributed by atoms with Crippen molar-refractivity contribution in [3.05, 3.63) is 29.8 Å². The summed E-state index contributed by atoms with van der Waals surface area (Å²) in [5.41, 5.74) is 1.95. The fourth-order valence-electron chi connectivity index (χ4n) is 4.89. The number of fused-ring (bicyclic) bond motifs is 3. The summed E-state index contributed by atoms with van der Waals surface area (Å²) in [7, 11) is 0. The normalized spacial score (nSPS) is 25.2. The van der Waals surface area contributed by atoms with E-state index in [0.29, 0.717) is 13.1 Å². The van der Waals surface area contributed by atoms with Crippen molar-refractivity contribution in [3.63, 3.8) is 0 Å². The van der Waals surface area contributed by atoms with Gasteiger partial charge in [-0.05, 0) is 55.2 Å². The number of rotatable bonds is 7. The van der Waals surface area contributed by atoms with Crippen LogP contribution >= 0.6 is 12.2 Å². The maximum atomic E-state index is 11.5. The minimum Gasteiger partial charge on any atom is -0.480 e. The molecule has 2 heterocycles. The highest BCUT2D eigenvalue weighted by Crippen LogP contribution is 2.18. The lowest BCUT2D eigenvalue weighted by molar-refractivity contribution is -0.139. The van der Waals surface area contributed by atoms with Crippen molar-refractivity contribution in [1.82, 2.24) is 19.6 Å². The summed E-state index contributed by atoms with van der Waals surface area (Å²) in [6.45, 7) is 8.23. The maximum absolute atomic E-state index is 11.5. The molecule has 2 fully saturated rings. The minimum atomic E-state index is -0.799. The molecule has 3 rings (SSSR count). The SMILES string of the molecule is O=C(O)CN1CCCN2CCN(CC1)C[C@@H](Cc1ccc(N=C=S)cc1)CN(CC(=O)O)CC2. The van der Waals surface area contributed by atoms with Gasteiger partial charge in [-0.1, -0.05) is 12.1 Å². The largest absolute Gasteiger partial charge is 0.480 e. The van der Waals surface area contributed by atoms with E-state index in [1.807, 2.05) is 29.2 Å². The van der Waals surface area contributed by atoms with Gasteiger partial charge in [-0.3, -0.25) is 19.4 Å². The first kappa shape index (κ1) is 26.4. The van der Waals surface area contributed by atoms with E-state index in [9.17, 15) is 19.8 Å². The number of aliphatic carboxylic acids is 2. The molecule has 186 valence electrons. The Hall–Kier alpha value is -2.20. The average molecular weight is 490 g/mol. The zero-order valence-corrected chi connectivity index (χ0v) is 20.5. The maximum Gasteiger partial charge on any atom is 0.317 e. The van der Waals surface area contributed by atoms with E-state index < -0.39 is 11.9 Å². The van der Waals surface area contributed by atoms with Gasteiger partial charge in [-0.15, -0.1) is 0 Å². The summed E-state index contributed by atoms with van der Waals surface area (Å²) >= 11 is 4.68. The van der Waals surface area contributed by atoms with E-state index in [1.165, 1.54) is 5.56 Å². The van der Waals surface area contributed by atoms with E-state index in [-0.39, 0.29) is 19.0 Å². The van der Waals surface area contributed by atoms with Crippen molar-refractivity contribution < 1.29 is 19.8 Å². The molecule has 0 spiro atoms. The number of aliphatic imine (C=N–C) groups is 1. The van der Waals surface area contributed by atoms with E-state index in [1.54, 1.807) is 0 Å². The van der Waals surface area contributed by atoms with Gasteiger partial charge in [0.2, 0.25) is 0 Å². The van der Waals surface area contributed by atoms with Gasteiger partial charge in [0.1, 0.15) is 0 Å². The van der Waals surface area contributed by atoms with Crippen LogP contribution in [0.3, 0.4) is 0 Å². The Kier molecular flexibility index (Phi) is 10.6. The molecule has 34 heavy (non-hydrogen) atoms. The molecule has 10 heteroatoms. The fraction of sp³-hybridized carbons (Fsp3) is 0.625. The first-order chi connectivity index (χ1) is 16.4. The predicted molar refractivity (Wildman–Crippen MR) is 134 cm³/mol. The van der Waals surface area contributed by atoms with Crippen LogP contribution < -0.4 is 0 Å². The number of carbonyl (C=O) groups is 2. The van der Waals surface area contributed by atoms with Gasteiger partial charge in [-0.2, -0.15) is 4.99 Å². The Morgan fingerprint density at radius 2 is 1.47 bits per heavy atom. The number of hydrogen-bond acceptors (Lipinski definition) is 8. The Morgan fingerprint density at radius 1 is 0.853 bits per heavy atom. The zero-order valence-electron chi connectivity index (χ0n) is 19.6. The average Bonchev–Trinajstić information content (AvgIpc) is 2.78. The van der Waals surface area contributed by atoms with Crippen LogP contribution in [-0.2, 0) is 16.0 Å². The monoisotopic (exact) mass is 489 g/mol. The first-order valence-corrected chi connectivity index (χ1v) is 12.3. The minimum absolute atomic E-state index is 0.0407. The van der Waals surface area contributed by atoms with E-state index in [0.717, 1.165) is 70.9 Å². The summed E-state index contributed by atoms with van der Waals surface area (Å²) in [4.78, 5) is 35.8. The molecular formula is C24H35N5O4S. The van der Waals surface area contributed by atoms with Crippen molar-refractivity contribution >= 4 is 35.0 Å². The second-order valence-electron chi connectivity index (χ2n) is 9.23. The van der Waals surface area contributed by atoms with Crippen molar-refractivity contribution in [2.24, 2.45) is 10.9 Å². The molecule has 3 atom stereocenters. The van der Waals surface area contributed by atoms with Crippen LogP contribution in [-0.4, -0.2) is 125 Å². The van der Waals surface area contributed by atoms with Crippen LogP contribution in [0.15, 0.2) is 29.3 Å². The van der Waals surface area contributed by atoms with Crippen molar-refractivity contribution in [1.29, 1.82) is 0 Å². The first-order valence-electron chi connectivity index (χ1n) is 11.9. The molecule has 0 aliphatic carbocycles. The van der Waals surface area contributed by atoms with Crippen molar-refractivity contribution in [3.8, 4) is 0 Å². The molecule has 2 aliphatic heterocycles. The fourth-order valence-corrected chi connectivity index (χ4v) is 5.00. The van der Waals surface area contributed by atoms with Gasteiger partial charge in [-0.25, -0.2) is 0 Å². The molecule has 1 aromatic rings. The van der Waals surface area contributed by atoms with Crippen LogP contribution in [0, 0.1) is 5.92 Å². The number of carboxylic acid groups (broad SMARTS) is 2. The number of carboxylic acids is 2. The Bertz CT molecular complexity index is 861. The van der Waals surface area contributed by atoms with Gasteiger partial charge in [0, 0.05) is 58.9 Å². The summed E-state index contributed by atoms with van der Waals surface area (Å²) in [5.74, 6) is -1.33. The molecule has 2 aliphatic rings. The molecule has 2 saturated heterocycles. The van der Waals surface area contributed by atoms with Gasteiger partial charge < -0.3 is 20.0 Å². The van der Waals surface area contributed by atoms with Gasteiger partial charge in [0.05, 0.1) is 23.9 Å². The Morgan fingerprint density at radius 3 is 2.18 bits per heavy atom. The lowest BCUT2D eigenvalue weighted by atomic mass is 9.97. The lowest BCUT2D eigenvalue weighted by Gasteiger charge is -2.38. The number of thiocarbonyl (C=S) groups is 1. The number of isothiocyanates is 1. The van der Waals surface area contributed by atoms with Crippen LogP contribution in [0.5, 0.6) is 0 Å². The van der Waals surface area contributed by atoms with E-state index >= 15 is 0 Å². The highest BCUT2D eigenvalue weighted by Gasteiger charge is 2.24. The van der Waals surface area contributed by atoms with Crippen molar-refractivity contribution in [2.75, 3.05) is 78.5 Å². The lowest BCUT2D eigenvalue weighted by Crippen LogP contribution is -2.50. The highest BCUT2D eigenvalue weighted by atomic mass is 32.1. The molecule has 0 aromatic heterocycles. The number of benzene rings is 1. The van der Waals surface area contributed by atoms with Crippen LogP contribution in [0.1, 0.15) is 12.0 Å². The highest BCUT2D eigenvalue weighted by molar-refractivity contribution is 7.78. The molecule has 2 N–H and O–H groups in total. The third kappa shape index (κ3) is 9.21. The zero-order chi connectivity index (χ0) is 24.3. The molecule has 0 amide bonds. The van der Waals surface area contributed by atoms with Gasteiger partial charge in [0.25, 0.3) is 0 Å². The van der Waals surface area contributed by atoms with E-state index in [2.05, 4.69) is 37.1 Å². The van der Waals surface area contributed by atoms with Gasteiger partial charge in [0.15, 0.2) is 0 Å². The second-order valence-corrected chi connectivity index (χ2v) is 9.42. The van der Waals surface area contributed by atoms with Crippen LogP contribution in [0.25, 0.3) is 0 Å². The number of nitrogens with zero attached hydrogens (tertiary/aromatic N) is 5. The third-order valence-corrected chi connectivity index (χ3v) is 6.62. The standard InChI is InChI=1S/C24H35N5O4S/c30-23(31)17-27-7-1-6-26-8-10-28(12-11-27)15-21(16-29(13-9-26)18-24(32)33)14-20-2-4-22(5-3-20)25-19-34/h2-5,21H,1,6-18H2,(H,30,31)(H,32,33)/t21-/m1/s1. The van der Waals surface area contributed by atoms with Gasteiger partial charge >= 0.3 is 11.9 Å². The van der Waals surface area contributed by atoms with Crippen LogP contribution in [0.4, 0.5) is 5.69 Å². The third-order valence-electron chi connectivity index (χ3n) is 6.53. The van der Waals surface area contributed by atoms with Crippen molar-refractivity contribution in [2.45, 2.75) is 12.8 Å².